The summed E-state index contributed by atoms with van der Waals surface area (Å²) in [5.41, 5.74) is 21.0. The van der Waals surface area contributed by atoms with E-state index < -0.39 is 0 Å². The molecule has 26 heavy (non-hydrogen) atoms. The van der Waals surface area contributed by atoms with Gasteiger partial charge in [-0.3, -0.25) is 5.43 Å². The maximum absolute atomic E-state index is 5.95. The average Bonchev–Trinajstić information content (AvgIpc) is 3.07. The van der Waals surface area contributed by atoms with Gasteiger partial charge in [0.15, 0.2) is 0 Å². The maximum Gasteiger partial charge on any atom is 0.222 e. The maximum atomic E-state index is 5.95. The van der Waals surface area contributed by atoms with Crippen molar-refractivity contribution in [3.63, 3.8) is 0 Å². The standard InChI is InChI=1S/C19H27N7/c1-26(11-15-9-17(25-24-15)12-5-3-2-4-6-12)18-10-16(22-19(21)23-18)13-7-14(20)8-13/h2-6,10,13-15,17,24-25H,7-9,11,20H2,1H3,(H2,21,22,23). The molecule has 1 aromatic carbocycles. The number of nitrogens with two attached hydrogens (primary N) is 2. The number of rotatable bonds is 5. The fourth-order valence-corrected chi connectivity index (χ4v) is 3.85. The fourth-order valence-electron chi connectivity index (χ4n) is 3.85. The number of nitrogens with one attached hydrogen (secondary N) is 2. The Kier molecular flexibility index (Phi) is 4.76. The highest BCUT2D eigenvalue weighted by Gasteiger charge is 2.30. The second-order valence-electron chi connectivity index (χ2n) is 7.50. The number of likely N-dealkylation sites (N-methyl/N-ethyl adjacent to an activating group) is 1. The number of hydrogen-bond donors (Lipinski definition) is 4. The average molecular weight is 353 g/mol. The summed E-state index contributed by atoms with van der Waals surface area (Å²) in [6.45, 7) is 0.844. The zero-order valence-electron chi connectivity index (χ0n) is 15.1. The van der Waals surface area contributed by atoms with Crippen molar-refractivity contribution < 1.29 is 0 Å². The minimum atomic E-state index is 0.293. The van der Waals surface area contributed by atoms with E-state index in [1.165, 1.54) is 5.56 Å². The first kappa shape index (κ1) is 17.2. The zero-order chi connectivity index (χ0) is 18.1. The molecule has 0 amide bonds. The molecule has 1 saturated carbocycles. The van der Waals surface area contributed by atoms with E-state index in [1.807, 2.05) is 6.07 Å². The Balaban J connectivity index is 1.40. The first-order chi connectivity index (χ1) is 12.6. The van der Waals surface area contributed by atoms with Crippen LogP contribution in [0.4, 0.5) is 11.8 Å². The molecule has 4 rings (SSSR count). The third-order valence-electron chi connectivity index (χ3n) is 5.41. The third-order valence-corrected chi connectivity index (χ3v) is 5.41. The normalized spacial score (nSPS) is 27.9. The van der Waals surface area contributed by atoms with Crippen LogP contribution >= 0.6 is 0 Å². The van der Waals surface area contributed by atoms with Crippen LogP contribution in [-0.4, -0.2) is 35.6 Å². The molecule has 2 aliphatic rings. The van der Waals surface area contributed by atoms with Crippen molar-refractivity contribution in [3.8, 4) is 0 Å². The molecule has 0 radical (unpaired) electrons. The predicted molar refractivity (Wildman–Crippen MR) is 104 cm³/mol. The quantitative estimate of drug-likeness (QED) is 0.642. The molecule has 6 N–H and O–H groups in total. The van der Waals surface area contributed by atoms with E-state index in [4.69, 9.17) is 11.5 Å². The van der Waals surface area contributed by atoms with Crippen LogP contribution in [-0.2, 0) is 0 Å². The number of nitrogen functional groups attached to an aromatic ring is 1. The van der Waals surface area contributed by atoms with E-state index in [2.05, 4.69) is 63.1 Å². The first-order valence-electron chi connectivity index (χ1n) is 9.25. The number of anilines is 2. The molecule has 1 aromatic heterocycles. The Labute approximate surface area is 154 Å². The molecule has 1 saturated heterocycles. The fraction of sp³-hybridized carbons (Fsp3) is 0.474. The van der Waals surface area contributed by atoms with Crippen LogP contribution in [0.5, 0.6) is 0 Å². The van der Waals surface area contributed by atoms with Gasteiger partial charge < -0.3 is 16.4 Å². The van der Waals surface area contributed by atoms with Gasteiger partial charge in [0.2, 0.25) is 5.95 Å². The van der Waals surface area contributed by atoms with Gasteiger partial charge in [-0.05, 0) is 24.8 Å². The largest absolute Gasteiger partial charge is 0.368 e. The summed E-state index contributed by atoms with van der Waals surface area (Å²) in [7, 11) is 2.05. The molecular weight excluding hydrogens is 326 g/mol. The number of benzene rings is 1. The van der Waals surface area contributed by atoms with Crippen LogP contribution in [0.2, 0.25) is 0 Å². The van der Waals surface area contributed by atoms with E-state index >= 15 is 0 Å². The number of aromatic nitrogens is 2. The predicted octanol–water partition coefficient (Wildman–Crippen LogP) is 1.31. The second kappa shape index (κ2) is 7.19. The summed E-state index contributed by atoms with van der Waals surface area (Å²) in [5.74, 6) is 1.62. The van der Waals surface area contributed by atoms with Gasteiger partial charge in [0.25, 0.3) is 0 Å². The van der Waals surface area contributed by atoms with Crippen molar-refractivity contribution >= 4 is 11.8 Å². The van der Waals surface area contributed by atoms with Crippen LogP contribution < -0.4 is 27.2 Å². The molecular formula is C19H27N7. The highest BCUT2D eigenvalue weighted by molar-refractivity contribution is 5.44. The Morgan fingerprint density at radius 1 is 1.12 bits per heavy atom. The number of hydrazine groups is 1. The van der Waals surface area contributed by atoms with E-state index in [0.29, 0.717) is 30.0 Å². The van der Waals surface area contributed by atoms with Gasteiger partial charge in [-0.15, -0.1) is 0 Å². The smallest absolute Gasteiger partial charge is 0.222 e. The molecule has 2 atom stereocenters. The lowest BCUT2D eigenvalue weighted by molar-refractivity contribution is 0.345. The minimum absolute atomic E-state index is 0.293. The Morgan fingerprint density at radius 3 is 2.62 bits per heavy atom. The van der Waals surface area contributed by atoms with Gasteiger partial charge in [-0.25, -0.2) is 10.4 Å². The SMILES string of the molecule is CN(CC1CC(c2ccccc2)NN1)c1cc(C2CC(N)C2)nc(N)n1. The molecule has 7 nitrogen and oxygen atoms in total. The molecule has 1 aliphatic carbocycles. The molecule has 0 bridgehead atoms. The molecule has 2 fully saturated rings. The van der Waals surface area contributed by atoms with Crippen LogP contribution in [0, 0.1) is 0 Å². The lowest BCUT2D eigenvalue weighted by Crippen LogP contribution is -2.39. The summed E-state index contributed by atoms with van der Waals surface area (Å²) in [5, 5.41) is 0. The highest BCUT2D eigenvalue weighted by atomic mass is 15.4. The highest BCUT2D eigenvalue weighted by Crippen LogP contribution is 2.35. The second-order valence-corrected chi connectivity index (χ2v) is 7.50. The minimum Gasteiger partial charge on any atom is -0.368 e. The number of nitrogens with zero attached hydrogens (tertiary/aromatic N) is 3. The molecule has 7 heteroatoms. The van der Waals surface area contributed by atoms with Crippen molar-refractivity contribution in [1.82, 2.24) is 20.8 Å². The van der Waals surface area contributed by atoms with E-state index in [9.17, 15) is 0 Å². The summed E-state index contributed by atoms with van der Waals surface area (Å²) in [6.07, 6.45) is 2.98. The molecule has 2 aromatic rings. The molecule has 1 aliphatic heterocycles. The van der Waals surface area contributed by atoms with Gasteiger partial charge in [0, 0.05) is 43.7 Å². The first-order valence-corrected chi connectivity index (χ1v) is 9.25. The molecule has 138 valence electrons. The van der Waals surface area contributed by atoms with Crippen molar-refractivity contribution in [2.45, 2.75) is 43.3 Å². The van der Waals surface area contributed by atoms with Crippen molar-refractivity contribution in [2.75, 3.05) is 24.2 Å². The topological polar surface area (TPSA) is 105 Å². The van der Waals surface area contributed by atoms with Gasteiger partial charge in [0.1, 0.15) is 5.82 Å². The Hall–Kier alpha value is -2.22. The number of hydrogen-bond acceptors (Lipinski definition) is 7. The van der Waals surface area contributed by atoms with Gasteiger partial charge in [0.05, 0.1) is 5.69 Å². The van der Waals surface area contributed by atoms with Crippen molar-refractivity contribution in [1.29, 1.82) is 0 Å². The summed E-state index contributed by atoms with van der Waals surface area (Å²) < 4.78 is 0. The molecule has 2 unspecified atom stereocenters. The van der Waals surface area contributed by atoms with Crippen LogP contribution in [0.1, 0.15) is 42.5 Å². The van der Waals surface area contributed by atoms with Gasteiger partial charge >= 0.3 is 0 Å². The van der Waals surface area contributed by atoms with Crippen LogP contribution in [0.15, 0.2) is 36.4 Å². The van der Waals surface area contributed by atoms with E-state index in [0.717, 1.165) is 37.3 Å². The van der Waals surface area contributed by atoms with Crippen LogP contribution in [0.25, 0.3) is 0 Å². The third kappa shape index (κ3) is 3.65. The van der Waals surface area contributed by atoms with E-state index in [-0.39, 0.29) is 0 Å². The van der Waals surface area contributed by atoms with E-state index in [1.54, 1.807) is 0 Å². The van der Waals surface area contributed by atoms with Crippen molar-refractivity contribution in [3.05, 3.63) is 47.7 Å². The summed E-state index contributed by atoms with van der Waals surface area (Å²) in [6, 6.07) is 13.5. The summed E-state index contributed by atoms with van der Waals surface area (Å²) in [4.78, 5) is 11.0. The lowest BCUT2D eigenvalue weighted by atomic mass is 9.78. The monoisotopic (exact) mass is 353 g/mol. The van der Waals surface area contributed by atoms with Crippen molar-refractivity contribution in [2.24, 2.45) is 5.73 Å². The van der Waals surface area contributed by atoms with Gasteiger partial charge in [-0.1, -0.05) is 30.3 Å². The zero-order valence-corrected chi connectivity index (χ0v) is 15.1. The Bertz CT molecular complexity index is 745. The molecule has 2 heterocycles. The lowest BCUT2D eigenvalue weighted by Gasteiger charge is -2.32. The summed E-state index contributed by atoms with van der Waals surface area (Å²) >= 11 is 0. The van der Waals surface area contributed by atoms with Crippen LogP contribution in [0.3, 0.4) is 0 Å². The van der Waals surface area contributed by atoms with Gasteiger partial charge in [-0.2, -0.15) is 4.98 Å². The molecule has 0 spiro atoms. The Morgan fingerprint density at radius 2 is 1.88 bits per heavy atom.